The lowest BCUT2D eigenvalue weighted by Crippen LogP contribution is -2.38. The molecule has 1 aliphatic rings. The predicted octanol–water partition coefficient (Wildman–Crippen LogP) is 2.82. The van der Waals surface area contributed by atoms with Crippen LogP contribution in [0.5, 0.6) is 0 Å². The van der Waals surface area contributed by atoms with E-state index in [4.69, 9.17) is 0 Å². The van der Waals surface area contributed by atoms with Gasteiger partial charge in [-0.3, -0.25) is 0 Å². The summed E-state index contributed by atoms with van der Waals surface area (Å²) in [6.07, 6.45) is 3.11. The summed E-state index contributed by atoms with van der Waals surface area (Å²) in [6.45, 7) is 8.00. The molecule has 112 valence electrons. The number of pyridine rings is 1. The van der Waals surface area contributed by atoms with Crippen LogP contribution in [0.25, 0.3) is 0 Å². The lowest BCUT2D eigenvalue weighted by Gasteiger charge is -2.33. The molecule has 1 saturated heterocycles. The Labute approximate surface area is 119 Å². The van der Waals surface area contributed by atoms with E-state index >= 15 is 0 Å². The van der Waals surface area contributed by atoms with Crippen molar-refractivity contribution in [2.24, 2.45) is 11.8 Å². The van der Waals surface area contributed by atoms with Crippen molar-refractivity contribution >= 4 is 5.82 Å². The first-order valence-electron chi connectivity index (χ1n) is 7.33. The summed E-state index contributed by atoms with van der Waals surface area (Å²) in [5.41, 5.74) is 0. The summed E-state index contributed by atoms with van der Waals surface area (Å²) in [5, 5.41) is 3.47. The van der Waals surface area contributed by atoms with Crippen LogP contribution in [-0.4, -0.2) is 31.2 Å². The molecule has 2 rings (SSSR count). The minimum Gasteiger partial charge on any atom is -0.354 e. The van der Waals surface area contributed by atoms with Gasteiger partial charge in [0.15, 0.2) is 11.6 Å². The Hall–Kier alpha value is -1.23. The molecule has 0 amide bonds. The van der Waals surface area contributed by atoms with E-state index in [0.717, 1.165) is 51.3 Å². The average molecular weight is 283 g/mol. The molecule has 0 aliphatic carbocycles. The topological polar surface area (TPSA) is 28.2 Å². The molecule has 1 aliphatic heterocycles. The van der Waals surface area contributed by atoms with E-state index < -0.39 is 11.6 Å². The Morgan fingerprint density at radius 1 is 1.35 bits per heavy atom. The van der Waals surface area contributed by atoms with Gasteiger partial charge in [0.1, 0.15) is 5.82 Å². The quantitative estimate of drug-likeness (QED) is 0.900. The fourth-order valence-electron chi connectivity index (χ4n) is 2.57. The Bertz CT molecular complexity index is 429. The summed E-state index contributed by atoms with van der Waals surface area (Å²) in [7, 11) is 0. The molecule has 1 aromatic heterocycles. The maximum absolute atomic E-state index is 13.7. The molecule has 0 aromatic carbocycles. The van der Waals surface area contributed by atoms with Gasteiger partial charge >= 0.3 is 0 Å². The highest BCUT2D eigenvalue weighted by molar-refractivity contribution is 5.40. The molecule has 1 N–H and O–H groups in total. The lowest BCUT2D eigenvalue weighted by atomic mass is 9.96. The van der Waals surface area contributed by atoms with Crippen LogP contribution < -0.4 is 10.2 Å². The molecule has 0 bridgehead atoms. The molecule has 3 nitrogen and oxygen atoms in total. The predicted molar refractivity (Wildman–Crippen MR) is 76.8 cm³/mol. The standard InChI is InChI=1S/C15H23F2N3/c1-11(2)8-18-9-12-3-5-20(6-4-12)15-14(17)7-13(16)10-19-15/h7,10-12,18H,3-6,8-9H2,1-2H3. The van der Waals surface area contributed by atoms with Crippen LogP contribution in [0.3, 0.4) is 0 Å². The van der Waals surface area contributed by atoms with Gasteiger partial charge in [-0.05, 0) is 37.8 Å². The highest BCUT2D eigenvalue weighted by atomic mass is 19.1. The molecule has 0 atom stereocenters. The van der Waals surface area contributed by atoms with Crippen LogP contribution in [0, 0.1) is 23.5 Å². The zero-order chi connectivity index (χ0) is 14.5. The first-order chi connectivity index (χ1) is 9.56. The van der Waals surface area contributed by atoms with Gasteiger partial charge in [-0.1, -0.05) is 13.8 Å². The van der Waals surface area contributed by atoms with E-state index in [1.54, 1.807) is 0 Å². The lowest BCUT2D eigenvalue weighted by molar-refractivity contribution is 0.371. The number of nitrogens with one attached hydrogen (secondary N) is 1. The number of hydrogen-bond acceptors (Lipinski definition) is 3. The van der Waals surface area contributed by atoms with Crippen molar-refractivity contribution in [1.29, 1.82) is 0 Å². The Morgan fingerprint density at radius 3 is 2.65 bits per heavy atom. The van der Waals surface area contributed by atoms with Crippen LogP contribution in [0.4, 0.5) is 14.6 Å². The van der Waals surface area contributed by atoms with E-state index in [2.05, 4.69) is 24.1 Å². The number of anilines is 1. The third-order valence-electron chi connectivity index (χ3n) is 3.69. The van der Waals surface area contributed by atoms with Gasteiger partial charge in [0.25, 0.3) is 0 Å². The van der Waals surface area contributed by atoms with Crippen molar-refractivity contribution in [2.75, 3.05) is 31.1 Å². The Balaban J connectivity index is 1.82. The fourth-order valence-corrected chi connectivity index (χ4v) is 2.57. The summed E-state index contributed by atoms with van der Waals surface area (Å²) in [5.74, 6) is 0.376. The van der Waals surface area contributed by atoms with Gasteiger partial charge in [-0.2, -0.15) is 0 Å². The number of nitrogens with zero attached hydrogens (tertiary/aromatic N) is 2. The first kappa shape index (κ1) is 15.2. The summed E-state index contributed by atoms with van der Waals surface area (Å²) in [4.78, 5) is 5.78. The highest BCUT2D eigenvalue weighted by Crippen LogP contribution is 2.23. The molecule has 20 heavy (non-hydrogen) atoms. The van der Waals surface area contributed by atoms with Crippen molar-refractivity contribution < 1.29 is 8.78 Å². The van der Waals surface area contributed by atoms with Gasteiger partial charge in [0.2, 0.25) is 0 Å². The Morgan fingerprint density at radius 2 is 2.05 bits per heavy atom. The molecule has 0 unspecified atom stereocenters. The van der Waals surface area contributed by atoms with Crippen molar-refractivity contribution in [3.63, 3.8) is 0 Å². The third kappa shape index (κ3) is 4.13. The number of hydrogen-bond donors (Lipinski definition) is 1. The molecule has 0 spiro atoms. The van der Waals surface area contributed by atoms with Crippen molar-refractivity contribution in [3.8, 4) is 0 Å². The van der Waals surface area contributed by atoms with E-state index in [0.29, 0.717) is 11.8 Å². The molecule has 2 heterocycles. The molecular formula is C15H23F2N3. The summed E-state index contributed by atoms with van der Waals surface area (Å²) < 4.78 is 26.5. The van der Waals surface area contributed by atoms with Crippen LogP contribution in [0.15, 0.2) is 12.3 Å². The van der Waals surface area contributed by atoms with E-state index in [1.807, 2.05) is 4.90 Å². The Kier molecular flexibility index (Phi) is 5.29. The smallest absolute Gasteiger partial charge is 0.168 e. The maximum Gasteiger partial charge on any atom is 0.168 e. The monoisotopic (exact) mass is 283 g/mol. The highest BCUT2D eigenvalue weighted by Gasteiger charge is 2.22. The molecule has 1 aromatic rings. The zero-order valence-corrected chi connectivity index (χ0v) is 12.2. The number of aromatic nitrogens is 1. The number of piperidine rings is 1. The third-order valence-corrected chi connectivity index (χ3v) is 3.69. The zero-order valence-electron chi connectivity index (χ0n) is 12.2. The second kappa shape index (κ2) is 6.97. The first-order valence-corrected chi connectivity index (χ1v) is 7.33. The second-order valence-corrected chi connectivity index (χ2v) is 5.94. The summed E-state index contributed by atoms with van der Waals surface area (Å²) in [6, 6.07) is 0.901. The normalized spacial score (nSPS) is 16.9. The van der Waals surface area contributed by atoms with Crippen LogP contribution >= 0.6 is 0 Å². The summed E-state index contributed by atoms with van der Waals surface area (Å²) >= 11 is 0. The van der Waals surface area contributed by atoms with Gasteiger partial charge in [0.05, 0.1) is 6.20 Å². The largest absolute Gasteiger partial charge is 0.354 e. The molecule has 1 fully saturated rings. The minimum absolute atomic E-state index is 0.278. The van der Waals surface area contributed by atoms with Gasteiger partial charge in [0, 0.05) is 19.2 Å². The molecule has 0 radical (unpaired) electrons. The number of halogens is 2. The molecule has 5 heteroatoms. The van der Waals surface area contributed by atoms with Crippen molar-refractivity contribution in [2.45, 2.75) is 26.7 Å². The molecule has 0 saturated carbocycles. The maximum atomic E-state index is 13.7. The fraction of sp³-hybridized carbons (Fsp3) is 0.667. The van der Waals surface area contributed by atoms with Crippen molar-refractivity contribution in [3.05, 3.63) is 23.9 Å². The van der Waals surface area contributed by atoms with E-state index in [-0.39, 0.29) is 5.82 Å². The van der Waals surface area contributed by atoms with Gasteiger partial charge < -0.3 is 10.2 Å². The van der Waals surface area contributed by atoms with E-state index in [1.165, 1.54) is 0 Å². The average Bonchev–Trinajstić information content (AvgIpc) is 2.39. The van der Waals surface area contributed by atoms with Crippen LogP contribution in [0.1, 0.15) is 26.7 Å². The van der Waals surface area contributed by atoms with Crippen LogP contribution in [-0.2, 0) is 0 Å². The van der Waals surface area contributed by atoms with E-state index in [9.17, 15) is 8.78 Å². The molecular weight excluding hydrogens is 260 g/mol. The van der Waals surface area contributed by atoms with Crippen molar-refractivity contribution in [1.82, 2.24) is 10.3 Å². The second-order valence-electron chi connectivity index (χ2n) is 5.94. The van der Waals surface area contributed by atoms with Gasteiger partial charge in [-0.25, -0.2) is 13.8 Å². The SMILES string of the molecule is CC(C)CNCC1CCN(c2ncc(F)cc2F)CC1. The number of rotatable bonds is 5. The minimum atomic E-state index is -0.626. The van der Waals surface area contributed by atoms with Crippen LogP contribution in [0.2, 0.25) is 0 Å². The van der Waals surface area contributed by atoms with Gasteiger partial charge in [-0.15, -0.1) is 0 Å².